The Labute approximate surface area is 200 Å². The van der Waals surface area contributed by atoms with Gasteiger partial charge in [0.25, 0.3) is 0 Å². The van der Waals surface area contributed by atoms with Gasteiger partial charge in [-0.2, -0.15) is 11.8 Å². The summed E-state index contributed by atoms with van der Waals surface area (Å²) in [6.45, 7) is 1.66. The highest BCUT2D eigenvalue weighted by atomic mass is 32.2. The minimum atomic E-state index is -0.535. The van der Waals surface area contributed by atoms with Gasteiger partial charge in [0.2, 0.25) is 11.8 Å². The summed E-state index contributed by atoms with van der Waals surface area (Å²) in [5, 5.41) is 14.9. The molecule has 1 aromatic carbocycles. The number of cyclic esters (lactones) is 1. The van der Waals surface area contributed by atoms with Gasteiger partial charge in [-0.15, -0.1) is 0 Å². The van der Waals surface area contributed by atoms with Crippen molar-refractivity contribution in [1.29, 1.82) is 0 Å². The molecule has 8 heteroatoms. The van der Waals surface area contributed by atoms with Crippen molar-refractivity contribution in [3.63, 3.8) is 0 Å². The zero-order chi connectivity index (χ0) is 23.9. The molecule has 0 aromatic heterocycles. The minimum Gasteiger partial charge on any atom is -0.463 e. The second-order valence-corrected chi connectivity index (χ2v) is 9.42. The maximum absolute atomic E-state index is 13.1. The van der Waals surface area contributed by atoms with E-state index in [4.69, 9.17) is 4.74 Å². The number of ether oxygens (including phenoxy) is 1. The minimum absolute atomic E-state index is 0.0319. The lowest BCUT2D eigenvalue weighted by molar-refractivity contribution is -0.145. The lowest BCUT2D eigenvalue weighted by Gasteiger charge is -2.23. The van der Waals surface area contributed by atoms with Gasteiger partial charge in [0.15, 0.2) is 0 Å². The van der Waals surface area contributed by atoms with Crippen LogP contribution in [-0.2, 0) is 24.9 Å². The fraction of sp³-hybridized carbons (Fsp3) is 0.560. The number of benzene rings is 1. The van der Waals surface area contributed by atoms with Crippen LogP contribution in [0.15, 0.2) is 42.5 Å². The molecule has 33 heavy (non-hydrogen) atoms. The first kappa shape index (κ1) is 26.9. The smallest absolute Gasteiger partial charge is 0.305 e. The topological polar surface area (TPSA) is 105 Å². The normalized spacial score (nSPS) is 21.4. The highest BCUT2D eigenvalue weighted by Gasteiger charge is 2.25. The largest absolute Gasteiger partial charge is 0.463 e. The quantitative estimate of drug-likeness (QED) is 0.394. The van der Waals surface area contributed by atoms with Crippen molar-refractivity contribution >= 4 is 29.5 Å². The van der Waals surface area contributed by atoms with E-state index in [-0.39, 0.29) is 49.5 Å². The first-order valence-electron chi connectivity index (χ1n) is 11.6. The van der Waals surface area contributed by atoms with Crippen LogP contribution in [0, 0.1) is 5.92 Å². The van der Waals surface area contributed by atoms with Gasteiger partial charge >= 0.3 is 5.97 Å². The molecule has 0 spiro atoms. The molecule has 2 amide bonds. The van der Waals surface area contributed by atoms with Crippen LogP contribution < -0.4 is 10.6 Å². The van der Waals surface area contributed by atoms with Crippen molar-refractivity contribution < 1.29 is 24.2 Å². The van der Waals surface area contributed by atoms with Gasteiger partial charge in [-0.05, 0) is 38.2 Å². The molecule has 0 radical (unpaired) electrons. The van der Waals surface area contributed by atoms with E-state index in [0.717, 1.165) is 25.0 Å². The Bertz CT molecular complexity index is 771. The molecule has 1 aliphatic heterocycles. The maximum atomic E-state index is 13.1. The summed E-state index contributed by atoms with van der Waals surface area (Å²) in [6, 6.07) is 9.34. The molecule has 1 heterocycles. The predicted octanol–water partition coefficient (Wildman–Crippen LogP) is 2.97. The second kappa shape index (κ2) is 15.5. The van der Waals surface area contributed by atoms with Crippen LogP contribution in [-0.4, -0.2) is 53.9 Å². The molecule has 0 saturated heterocycles. The molecule has 1 aromatic rings. The third-order valence-electron chi connectivity index (χ3n) is 5.30. The molecule has 0 fully saturated rings. The molecule has 182 valence electrons. The number of nitrogens with one attached hydrogen (secondary N) is 2. The van der Waals surface area contributed by atoms with E-state index in [2.05, 4.69) is 10.6 Å². The average molecular weight is 477 g/mol. The third-order valence-corrected chi connectivity index (χ3v) is 6.47. The standard InChI is InChI=1S/C25H36N2O5S/c1-19(15-28)26-23(29)14-21-12-8-3-2-4-9-13-24(30)32-16-22(27-25(21)31)18-33-17-20-10-6-5-7-11-20/h3,5-8,10-11,19,21-22,28H,2,4,9,12-18H2,1H3,(H,26,29)(H,27,31). The van der Waals surface area contributed by atoms with Crippen LogP contribution in [0.4, 0.5) is 0 Å². The van der Waals surface area contributed by atoms with Crippen LogP contribution in [0.2, 0.25) is 0 Å². The number of esters is 1. The summed E-state index contributed by atoms with van der Waals surface area (Å²) in [7, 11) is 0. The SMILES string of the molecule is CC(CO)NC(=O)CC1CC=CCCCCC(=O)OCC(CSCc2ccccc2)NC1=O. The van der Waals surface area contributed by atoms with Gasteiger partial charge in [0, 0.05) is 30.4 Å². The first-order valence-corrected chi connectivity index (χ1v) is 12.8. The van der Waals surface area contributed by atoms with Crippen molar-refractivity contribution in [3.8, 4) is 0 Å². The number of hydrogen-bond acceptors (Lipinski definition) is 6. The zero-order valence-electron chi connectivity index (χ0n) is 19.3. The highest BCUT2D eigenvalue weighted by molar-refractivity contribution is 7.98. The lowest BCUT2D eigenvalue weighted by atomic mass is 9.98. The number of aliphatic hydroxyl groups is 1. The number of allylic oxidation sites excluding steroid dienone is 2. The Balaban J connectivity index is 2.04. The third kappa shape index (κ3) is 11.4. The van der Waals surface area contributed by atoms with Crippen molar-refractivity contribution in [3.05, 3.63) is 48.0 Å². The molecule has 3 unspecified atom stereocenters. The van der Waals surface area contributed by atoms with Gasteiger partial charge in [0.05, 0.1) is 18.6 Å². The van der Waals surface area contributed by atoms with Crippen LogP contribution in [0.3, 0.4) is 0 Å². The van der Waals surface area contributed by atoms with Crippen LogP contribution >= 0.6 is 11.8 Å². The van der Waals surface area contributed by atoms with E-state index in [1.54, 1.807) is 18.7 Å². The molecule has 0 aliphatic carbocycles. The summed E-state index contributed by atoms with van der Waals surface area (Å²) in [5.74, 6) is 0.0844. The zero-order valence-corrected chi connectivity index (χ0v) is 20.1. The van der Waals surface area contributed by atoms with Gasteiger partial charge in [0.1, 0.15) is 6.61 Å². The number of rotatable bonds is 8. The maximum Gasteiger partial charge on any atom is 0.305 e. The van der Waals surface area contributed by atoms with E-state index in [1.807, 2.05) is 42.5 Å². The van der Waals surface area contributed by atoms with E-state index in [9.17, 15) is 19.5 Å². The molecule has 7 nitrogen and oxygen atoms in total. The van der Waals surface area contributed by atoms with Crippen LogP contribution in [0.5, 0.6) is 0 Å². The van der Waals surface area contributed by atoms with Gasteiger partial charge in [-0.25, -0.2) is 0 Å². The molecule has 2 rings (SSSR count). The average Bonchev–Trinajstić information content (AvgIpc) is 2.80. The summed E-state index contributed by atoms with van der Waals surface area (Å²) >= 11 is 1.66. The summed E-state index contributed by atoms with van der Waals surface area (Å²) in [4.78, 5) is 37.5. The predicted molar refractivity (Wildman–Crippen MR) is 131 cm³/mol. The number of hydrogen-bond donors (Lipinski definition) is 3. The van der Waals surface area contributed by atoms with E-state index < -0.39 is 5.92 Å². The summed E-state index contributed by atoms with van der Waals surface area (Å²) in [5.41, 5.74) is 1.18. The number of amides is 2. The Morgan fingerprint density at radius 3 is 2.79 bits per heavy atom. The van der Waals surface area contributed by atoms with E-state index >= 15 is 0 Å². The molecular weight excluding hydrogens is 440 g/mol. The fourth-order valence-electron chi connectivity index (χ4n) is 3.41. The Hall–Kier alpha value is -2.32. The molecular formula is C25H36N2O5S. The number of carbonyl (C=O) groups is 3. The van der Waals surface area contributed by atoms with Crippen molar-refractivity contribution in [2.24, 2.45) is 5.92 Å². The van der Waals surface area contributed by atoms with Crippen LogP contribution in [0.25, 0.3) is 0 Å². The van der Waals surface area contributed by atoms with Crippen molar-refractivity contribution in [2.75, 3.05) is 19.0 Å². The number of carbonyl (C=O) groups excluding carboxylic acids is 3. The summed E-state index contributed by atoms with van der Waals surface area (Å²) < 4.78 is 5.44. The van der Waals surface area contributed by atoms with E-state index in [1.165, 1.54) is 5.56 Å². The fourth-order valence-corrected chi connectivity index (χ4v) is 4.42. The Morgan fingerprint density at radius 2 is 2.03 bits per heavy atom. The Kier molecular flexibility index (Phi) is 12.7. The van der Waals surface area contributed by atoms with Crippen LogP contribution in [0.1, 0.15) is 51.0 Å². The van der Waals surface area contributed by atoms with Crippen molar-refractivity contribution in [1.82, 2.24) is 10.6 Å². The Morgan fingerprint density at radius 1 is 1.24 bits per heavy atom. The molecule has 3 N–H and O–H groups in total. The molecule has 0 saturated carbocycles. The van der Waals surface area contributed by atoms with Crippen molar-refractivity contribution in [2.45, 2.75) is 63.3 Å². The monoisotopic (exact) mass is 476 g/mol. The van der Waals surface area contributed by atoms with Gasteiger partial charge in [-0.3, -0.25) is 14.4 Å². The molecule has 0 bridgehead atoms. The highest BCUT2D eigenvalue weighted by Crippen LogP contribution is 2.16. The summed E-state index contributed by atoms with van der Waals surface area (Å²) in [6.07, 6.45) is 7.24. The second-order valence-electron chi connectivity index (χ2n) is 8.39. The number of aliphatic hydroxyl groups excluding tert-OH is 1. The molecule has 3 atom stereocenters. The van der Waals surface area contributed by atoms with Gasteiger partial charge in [-0.1, -0.05) is 42.5 Å². The lowest BCUT2D eigenvalue weighted by Crippen LogP contribution is -2.45. The van der Waals surface area contributed by atoms with E-state index in [0.29, 0.717) is 18.6 Å². The number of thioether (sulfide) groups is 1. The first-order chi connectivity index (χ1) is 16.0. The molecule has 1 aliphatic rings. The van der Waals surface area contributed by atoms with Gasteiger partial charge < -0.3 is 20.5 Å².